The van der Waals surface area contributed by atoms with Crippen LogP contribution >= 0.6 is 11.8 Å². The van der Waals surface area contributed by atoms with Crippen molar-refractivity contribution in [3.63, 3.8) is 0 Å². The minimum atomic E-state index is -0.273. The molecule has 1 aliphatic rings. The third kappa shape index (κ3) is 3.47. The van der Waals surface area contributed by atoms with Gasteiger partial charge in [-0.05, 0) is 44.5 Å². The number of esters is 1. The zero-order valence-electron chi connectivity index (χ0n) is 15.4. The van der Waals surface area contributed by atoms with E-state index in [2.05, 4.69) is 47.2 Å². The van der Waals surface area contributed by atoms with E-state index >= 15 is 0 Å². The van der Waals surface area contributed by atoms with Gasteiger partial charge >= 0.3 is 5.97 Å². The Morgan fingerprint density at radius 3 is 2.70 bits per heavy atom. The van der Waals surface area contributed by atoms with Crippen molar-refractivity contribution in [2.24, 2.45) is 0 Å². The lowest BCUT2D eigenvalue weighted by Gasteiger charge is -2.14. The summed E-state index contributed by atoms with van der Waals surface area (Å²) < 4.78 is 7.28. The Labute approximate surface area is 162 Å². The Balaban J connectivity index is 1.82. The predicted octanol–water partition coefficient (Wildman–Crippen LogP) is 3.74. The molecule has 3 aromatic rings. The molecule has 1 fully saturated rings. The van der Waals surface area contributed by atoms with Crippen LogP contribution in [-0.2, 0) is 9.53 Å². The number of ether oxygens (including phenoxy) is 1. The van der Waals surface area contributed by atoms with Gasteiger partial charge in [0.05, 0.1) is 5.69 Å². The Morgan fingerprint density at radius 1 is 1.19 bits per heavy atom. The molecule has 0 bridgehead atoms. The first kappa shape index (κ1) is 17.7. The van der Waals surface area contributed by atoms with Gasteiger partial charge in [0.25, 0.3) is 0 Å². The molecular weight excluding hydrogens is 360 g/mol. The van der Waals surface area contributed by atoms with Gasteiger partial charge in [-0.1, -0.05) is 35.5 Å². The van der Waals surface area contributed by atoms with Crippen LogP contribution in [0.3, 0.4) is 0 Å². The number of hydrogen-bond acceptors (Lipinski definition) is 6. The third-order valence-corrected chi connectivity index (χ3v) is 5.64. The molecule has 7 heteroatoms. The molecule has 0 aliphatic carbocycles. The number of aromatic nitrogens is 4. The quantitative estimate of drug-likeness (QED) is 0.642. The standard InChI is InChI=1S/C20H20N4O2S/c1-12-7-8-16(13(2)10-12)24-18(15-6-4-5-9-21-15)22-23-20(24)27-17-11-14(3)26-19(17)25/h4-10,14,17H,11H2,1-3H3/t14-,17+/m1/s1. The smallest absolute Gasteiger partial charge is 0.319 e. The van der Waals surface area contributed by atoms with Crippen LogP contribution in [-0.4, -0.2) is 37.1 Å². The van der Waals surface area contributed by atoms with Crippen LogP contribution in [0.4, 0.5) is 0 Å². The summed E-state index contributed by atoms with van der Waals surface area (Å²) in [4.78, 5) is 16.5. The fourth-order valence-corrected chi connectivity index (χ4v) is 4.38. The van der Waals surface area contributed by atoms with Crippen molar-refractivity contribution in [3.8, 4) is 17.2 Å². The van der Waals surface area contributed by atoms with Crippen molar-refractivity contribution in [2.45, 2.75) is 43.7 Å². The molecule has 1 saturated heterocycles. The molecule has 0 radical (unpaired) electrons. The molecule has 1 aromatic carbocycles. The number of thioether (sulfide) groups is 1. The van der Waals surface area contributed by atoms with E-state index in [1.165, 1.54) is 17.3 Å². The number of carbonyl (C=O) groups is 1. The summed E-state index contributed by atoms with van der Waals surface area (Å²) in [7, 11) is 0. The Kier molecular flexibility index (Phi) is 4.70. The second kappa shape index (κ2) is 7.15. The van der Waals surface area contributed by atoms with Crippen LogP contribution in [0.5, 0.6) is 0 Å². The van der Waals surface area contributed by atoms with Crippen LogP contribution in [0.25, 0.3) is 17.2 Å². The molecule has 0 spiro atoms. The number of carbonyl (C=O) groups excluding carboxylic acids is 1. The number of hydrogen-bond donors (Lipinski definition) is 0. The first-order valence-corrected chi connectivity index (χ1v) is 9.72. The molecule has 138 valence electrons. The SMILES string of the molecule is Cc1ccc(-n2c(S[C@H]3C[C@@H](C)OC3=O)nnc2-c2ccccn2)c(C)c1. The van der Waals surface area contributed by atoms with E-state index in [1.54, 1.807) is 6.20 Å². The summed E-state index contributed by atoms with van der Waals surface area (Å²) in [6.45, 7) is 6.03. The summed E-state index contributed by atoms with van der Waals surface area (Å²) in [6, 6.07) is 11.9. The normalized spacial score (nSPS) is 19.3. The molecule has 3 heterocycles. The van der Waals surface area contributed by atoms with Crippen LogP contribution < -0.4 is 0 Å². The number of nitrogens with zero attached hydrogens (tertiary/aromatic N) is 4. The second-order valence-electron chi connectivity index (χ2n) is 6.74. The van der Waals surface area contributed by atoms with Crippen LogP contribution in [0.15, 0.2) is 47.8 Å². The number of benzene rings is 1. The van der Waals surface area contributed by atoms with Crippen molar-refractivity contribution in [1.82, 2.24) is 19.7 Å². The summed E-state index contributed by atoms with van der Waals surface area (Å²) >= 11 is 1.40. The summed E-state index contributed by atoms with van der Waals surface area (Å²) in [5.41, 5.74) is 4.01. The molecule has 27 heavy (non-hydrogen) atoms. The summed E-state index contributed by atoms with van der Waals surface area (Å²) in [5.74, 6) is 0.464. The molecule has 1 aliphatic heterocycles. The number of rotatable bonds is 4. The average molecular weight is 380 g/mol. The summed E-state index contributed by atoms with van der Waals surface area (Å²) in [6.07, 6.45) is 2.34. The van der Waals surface area contributed by atoms with E-state index in [1.807, 2.05) is 29.7 Å². The van der Waals surface area contributed by atoms with Gasteiger partial charge in [0.1, 0.15) is 17.0 Å². The number of aryl methyl sites for hydroxylation is 2. The second-order valence-corrected chi connectivity index (χ2v) is 7.91. The third-order valence-electron chi connectivity index (χ3n) is 4.49. The van der Waals surface area contributed by atoms with Crippen LogP contribution in [0, 0.1) is 13.8 Å². The van der Waals surface area contributed by atoms with Crippen LogP contribution in [0.1, 0.15) is 24.5 Å². The van der Waals surface area contributed by atoms with Crippen molar-refractivity contribution in [2.75, 3.05) is 0 Å². The Hall–Kier alpha value is -2.67. The van der Waals surface area contributed by atoms with Gasteiger partial charge in [-0.2, -0.15) is 0 Å². The molecule has 0 N–H and O–H groups in total. The molecule has 0 saturated carbocycles. The monoisotopic (exact) mass is 380 g/mol. The maximum atomic E-state index is 12.1. The fraction of sp³-hybridized carbons (Fsp3) is 0.300. The summed E-state index contributed by atoms with van der Waals surface area (Å²) in [5, 5.41) is 9.17. The van der Waals surface area contributed by atoms with Gasteiger partial charge in [0, 0.05) is 12.6 Å². The van der Waals surface area contributed by atoms with Crippen molar-refractivity contribution >= 4 is 17.7 Å². The number of cyclic esters (lactones) is 1. The van der Waals surface area contributed by atoms with E-state index in [0.717, 1.165) is 16.9 Å². The highest BCUT2D eigenvalue weighted by molar-refractivity contribution is 8.00. The Morgan fingerprint density at radius 2 is 2.04 bits per heavy atom. The highest BCUT2D eigenvalue weighted by Crippen LogP contribution is 2.35. The molecular formula is C20H20N4O2S. The first-order chi connectivity index (χ1) is 13.0. The van der Waals surface area contributed by atoms with Crippen molar-refractivity contribution in [1.29, 1.82) is 0 Å². The molecule has 6 nitrogen and oxygen atoms in total. The average Bonchev–Trinajstić information content (AvgIpc) is 3.19. The maximum Gasteiger partial charge on any atom is 0.319 e. The van der Waals surface area contributed by atoms with E-state index in [-0.39, 0.29) is 17.3 Å². The highest BCUT2D eigenvalue weighted by Gasteiger charge is 2.34. The molecule has 0 amide bonds. The zero-order chi connectivity index (χ0) is 19.0. The van der Waals surface area contributed by atoms with E-state index in [9.17, 15) is 4.79 Å². The van der Waals surface area contributed by atoms with Gasteiger partial charge in [0.15, 0.2) is 11.0 Å². The van der Waals surface area contributed by atoms with Gasteiger partial charge in [-0.3, -0.25) is 14.3 Å². The predicted molar refractivity (Wildman–Crippen MR) is 104 cm³/mol. The van der Waals surface area contributed by atoms with Crippen molar-refractivity contribution < 1.29 is 9.53 Å². The van der Waals surface area contributed by atoms with Gasteiger partial charge < -0.3 is 4.74 Å². The van der Waals surface area contributed by atoms with Crippen LogP contribution in [0.2, 0.25) is 0 Å². The lowest BCUT2D eigenvalue weighted by Crippen LogP contribution is -2.11. The van der Waals surface area contributed by atoms with Gasteiger partial charge in [-0.25, -0.2) is 0 Å². The molecule has 2 atom stereocenters. The maximum absolute atomic E-state index is 12.1. The molecule has 4 rings (SSSR count). The minimum Gasteiger partial charge on any atom is -0.462 e. The van der Waals surface area contributed by atoms with E-state index < -0.39 is 0 Å². The van der Waals surface area contributed by atoms with Gasteiger partial charge in [-0.15, -0.1) is 10.2 Å². The molecule has 0 unspecified atom stereocenters. The topological polar surface area (TPSA) is 69.9 Å². The lowest BCUT2D eigenvalue weighted by atomic mass is 10.1. The first-order valence-electron chi connectivity index (χ1n) is 8.84. The fourth-order valence-electron chi connectivity index (χ4n) is 3.22. The van der Waals surface area contributed by atoms with Gasteiger partial charge in [0.2, 0.25) is 0 Å². The van der Waals surface area contributed by atoms with Crippen molar-refractivity contribution in [3.05, 3.63) is 53.7 Å². The largest absolute Gasteiger partial charge is 0.462 e. The molecule has 2 aromatic heterocycles. The van der Waals surface area contributed by atoms with E-state index in [0.29, 0.717) is 17.4 Å². The lowest BCUT2D eigenvalue weighted by molar-refractivity contribution is -0.140. The minimum absolute atomic E-state index is 0.0669. The highest BCUT2D eigenvalue weighted by atomic mass is 32.2. The Bertz CT molecular complexity index is 987. The zero-order valence-corrected chi connectivity index (χ0v) is 16.2. The number of pyridine rings is 1. The van der Waals surface area contributed by atoms with E-state index in [4.69, 9.17) is 4.74 Å².